The van der Waals surface area contributed by atoms with Gasteiger partial charge in [0.05, 0.1) is 23.3 Å². The molecule has 0 bridgehead atoms. The van der Waals surface area contributed by atoms with Crippen molar-refractivity contribution in [3.05, 3.63) is 65.2 Å². The Labute approximate surface area is 159 Å². The lowest BCUT2D eigenvalue weighted by atomic mass is 10.1. The van der Waals surface area contributed by atoms with Crippen LogP contribution in [-0.2, 0) is 4.79 Å². The molecular weight excluding hydrogens is 342 g/mol. The molecule has 0 saturated heterocycles. The third-order valence-corrected chi connectivity index (χ3v) is 6.33. The number of para-hydroxylation sites is 1. The Morgan fingerprint density at radius 3 is 2.46 bits per heavy atom. The number of hydrogen-bond acceptors (Lipinski definition) is 3. The number of aromatic nitrogens is 1. The summed E-state index contributed by atoms with van der Waals surface area (Å²) in [7, 11) is 3.95. The van der Waals surface area contributed by atoms with E-state index in [-0.39, 0.29) is 18.0 Å². The third-order valence-electron chi connectivity index (χ3n) is 5.11. The van der Waals surface area contributed by atoms with Crippen molar-refractivity contribution in [1.29, 1.82) is 0 Å². The zero-order valence-corrected chi connectivity index (χ0v) is 16.6. The van der Waals surface area contributed by atoms with Gasteiger partial charge in [0, 0.05) is 7.05 Å². The Hall–Kier alpha value is -2.24. The van der Waals surface area contributed by atoms with Crippen molar-refractivity contribution in [3.63, 3.8) is 0 Å². The van der Waals surface area contributed by atoms with E-state index in [1.165, 1.54) is 4.70 Å². The van der Waals surface area contributed by atoms with Crippen molar-refractivity contribution in [2.75, 3.05) is 20.6 Å². The highest BCUT2D eigenvalue weighted by atomic mass is 32.1. The standard InChI is InChI=1S/C21H25N3OS/c1-15(17-10-6-5-7-11-17)24(4)20(25)14-23(3)16(2)21-22-18-12-8-9-13-19(18)26-21/h5-13,15-16H,14H2,1-4H3/p+1/t15-,16-/m0/s1. The van der Waals surface area contributed by atoms with E-state index < -0.39 is 0 Å². The van der Waals surface area contributed by atoms with Crippen LogP contribution in [0.3, 0.4) is 0 Å². The number of nitrogens with zero attached hydrogens (tertiary/aromatic N) is 2. The minimum absolute atomic E-state index is 0.0641. The Bertz CT molecular complexity index is 844. The summed E-state index contributed by atoms with van der Waals surface area (Å²) in [5.74, 6) is 0.145. The molecule has 1 amide bonds. The van der Waals surface area contributed by atoms with Gasteiger partial charge in [0.2, 0.25) is 0 Å². The molecule has 0 fully saturated rings. The van der Waals surface area contributed by atoms with Crippen molar-refractivity contribution in [1.82, 2.24) is 9.88 Å². The van der Waals surface area contributed by atoms with Crippen LogP contribution < -0.4 is 4.90 Å². The molecule has 2 aromatic carbocycles. The normalized spacial score (nSPS) is 14.8. The second-order valence-corrected chi connectivity index (χ2v) is 7.92. The van der Waals surface area contributed by atoms with Crippen molar-refractivity contribution >= 4 is 27.5 Å². The summed E-state index contributed by atoms with van der Waals surface area (Å²) in [6.45, 7) is 4.66. The van der Waals surface area contributed by atoms with Crippen molar-refractivity contribution in [2.24, 2.45) is 0 Å². The van der Waals surface area contributed by atoms with Crippen LogP contribution in [0.15, 0.2) is 54.6 Å². The number of benzene rings is 2. The molecule has 0 aliphatic rings. The van der Waals surface area contributed by atoms with E-state index in [2.05, 4.69) is 39.1 Å². The Morgan fingerprint density at radius 2 is 1.77 bits per heavy atom. The molecular formula is C21H26N3OS+. The van der Waals surface area contributed by atoms with Gasteiger partial charge in [0.1, 0.15) is 6.04 Å². The molecule has 0 spiro atoms. The van der Waals surface area contributed by atoms with Crippen LogP contribution in [0.4, 0.5) is 0 Å². The third kappa shape index (κ3) is 3.94. The predicted octanol–water partition coefficient (Wildman–Crippen LogP) is 3.09. The molecule has 0 aliphatic carbocycles. The monoisotopic (exact) mass is 368 g/mol. The zero-order chi connectivity index (χ0) is 18.7. The van der Waals surface area contributed by atoms with Gasteiger partial charge in [0.25, 0.3) is 5.91 Å². The number of quaternary nitrogens is 1. The van der Waals surface area contributed by atoms with E-state index >= 15 is 0 Å². The second-order valence-electron chi connectivity index (χ2n) is 6.86. The first kappa shape index (κ1) is 18.5. The van der Waals surface area contributed by atoms with Gasteiger partial charge in [-0.25, -0.2) is 4.98 Å². The number of carbonyl (C=O) groups is 1. The number of fused-ring (bicyclic) bond motifs is 1. The Balaban J connectivity index is 1.66. The van der Waals surface area contributed by atoms with E-state index in [0.717, 1.165) is 21.0 Å². The SMILES string of the molecule is C[C@@H](c1ccccc1)N(C)C(=O)C[NH+](C)[C@@H](C)c1nc2ccccc2s1. The van der Waals surface area contributed by atoms with Crippen molar-refractivity contribution < 1.29 is 9.69 Å². The van der Waals surface area contributed by atoms with Gasteiger partial charge in [-0.3, -0.25) is 4.79 Å². The minimum Gasteiger partial charge on any atom is -0.334 e. The lowest BCUT2D eigenvalue weighted by molar-refractivity contribution is -0.902. The molecule has 0 radical (unpaired) electrons. The first-order chi connectivity index (χ1) is 12.5. The number of carbonyl (C=O) groups excluding carboxylic acids is 1. The second kappa shape index (κ2) is 7.98. The maximum Gasteiger partial charge on any atom is 0.278 e. The molecule has 136 valence electrons. The number of rotatable bonds is 6. The van der Waals surface area contributed by atoms with E-state index in [4.69, 9.17) is 4.98 Å². The summed E-state index contributed by atoms with van der Waals surface area (Å²) < 4.78 is 1.20. The summed E-state index contributed by atoms with van der Waals surface area (Å²) in [6.07, 6.45) is 0. The number of nitrogens with one attached hydrogen (secondary N) is 1. The molecule has 1 N–H and O–H groups in total. The molecule has 0 saturated carbocycles. The van der Waals surface area contributed by atoms with Gasteiger partial charge in [0.15, 0.2) is 11.6 Å². The number of amides is 1. The van der Waals surface area contributed by atoms with Gasteiger partial charge in [-0.1, -0.05) is 42.5 Å². The van der Waals surface area contributed by atoms with Crippen LogP contribution in [0.25, 0.3) is 10.2 Å². The first-order valence-corrected chi connectivity index (χ1v) is 9.77. The highest BCUT2D eigenvalue weighted by molar-refractivity contribution is 7.18. The Kier molecular flexibility index (Phi) is 5.69. The highest BCUT2D eigenvalue weighted by Gasteiger charge is 2.25. The molecule has 3 aromatic rings. The first-order valence-electron chi connectivity index (χ1n) is 8.95. The van der Waals surface area contributed by atoms with E-state index in [1.807, 2.05) is 48.3 Å². The topological polar surface area (TPSA) is 37.6 Å². The van der Waals surface area contributed by atoms with E-state index in [9.17, 15) is 4.79 Å². The van der Waals surface area contributed by atoms with Crippen LogP contribution in [-0.4, -0.2) is 36.4 Å². The fourth-order valence-corrected chi connectivity index (χ4v) is 4.09. The molecule has 3 rings (SSSR count). The number of likely N-dealkylation sites (N-methyl/N-ethyl adjacent to an activating group) is 2. The molecule has 3 atom stereocenters. The van der Waals surface area contributed by atoms with Crippen LogP contribution in [0.5, 0.6) is 0 Å². The quantitative estimate of drug-likeness (QED) is 0.726. The lowest BCUT2D eigenvalue weighted by Crippen LogP contribution is -3.10. The van der Waals surface area contributed by atoms with E-state index in [0.29, 0.717) is 6.54 Å². The van der Waals surface area contributed by atoms with Gasteiger partial charge in [-0.05, 0) is 31.5 Å². The fourth-order valence-electron chi connectivity index (χ4n) is 2.97. The Morgan fingerprint density at radius 1 is 1.12 bits per heavy atom. The molecule has 5 heteroatoms. The van der Waals surface area contributed by atoms with Crippen molar-refractivity contribution in [2.45, 2.75) is 25.9 Å². The van der Waals surface area contributed by atoms with Crippen LogP contribution in [0.2, 0.25) is 0 Å². The number of hydrogen-bond donors (Lipinski definition) is 1. The van der Waals surface area contributed by atoms with Gasteiger partial charge in [-0.15, -0.1) is 11.3 Å². The average Bonchev–Trinajstić information content (AvgIpc) is 3.10. The van der Waals surface area contributed by atoms with Crippen LogP contribution in [0.1, 0.15) is 36.5 Å². The molecule has 0 aliphatic heterocycles. The summed E-state index contributed by atoms with van der Waals surface area (Å²) in [5.41, 5.74) is 2.19. The van der Waals surface area contributed by atoms with Gasteiger partial charge >= 0.3 is 0 Å². The fraction of sp³-hybridized carbons (Fsp3) is 0.333. The maximum absolute atomic E-state index is 12.8. The summed E-state index contributed by atoms with van der Waals surface area (Å²) in [4.78, 5) is 20.5. The summed E-state index contributed by atoms with van der Waals surface area (Å²) >= 11 is 1.72. The molecule has 26 heavy (non-hydrogen) atoms. The minimum atomic E-state index is 0.0641. The molecule has 1 aromatic heterocycles. The smallest absolute Gasteiger partial charge is 0.278 e. The van der Waals surface area contributed by atoms with Crippen LogP contribution in [0, 0.1) is 0 Å². The molecule has 1 unspecified atom stereocenters. The molecule has 4 nitrogen and oxygen atoms in total. The van der Waals surface area contributed by atoms with E-state index in [1.54, 1.807) is 11.3 Å². The zero-order valence-electron chi connectivity index (χ0n) is 15.8. The lowest BCUT2D eigenvalue weighted by Gasteiger charge is -2.27. The van der Waals surface area contributed by atoms with Gasteiger partial charge < -0.3 is 9.80 Å². The van der Waals surface area contributed by atoms with Gasteiger partial charge in [-0.2, -0.15) is 0 Å². The highest BCUT2D eigenvalue weighted by Crippen LogP contribution is 2.24. The summed E-state index contributed by atoms with van der Waals surface area (Å²) in [6, 6.07) is 18.6. The molecule has 1 heterocycles. The maximum atomic E-state index is 12.8. The number of thiazole rings is 1. The predicted molar refractivity (Wildman–Crippen MR) is 107 cm³/mol. The van der Waals surface area contributed by atoms with Crippen LogP contribution >= 0.6 is 11.3 Å². The average molecular weight is 369 g/mol. The summed E-state index contributed by atoms with van der Waals surface area (Å²) in [5, 5.41) is 1.08. The van der Waals surface area contributed by atoms with Crippen molar-refractivity contribution in [3.8, 4) is 0 Å². The largest absolute Gasteiger partial charge is 0.334 e.